The minimum Gasteiger partial charge on any atom is -0.337 e. The van der Waals surface area contributed by atoms with Crippen molar-refractivity contribution in [1.29, 1.82) is 0 Å². The van der Waals surface area contributed by atoms with Crippen molar-refractivity contribution in [3.63, 3.8) is 0 Å². The highest BCUT2D eigenvalue weighted by Crippen LogP contribution is 2.32. The van der Waals surface area contributed by atoms with Crippen LogP contribution in [0, 0.1) is 0 Å². The van der Waals surface area contributed by atoms with Crippen LogP contribution in [0.25, 0.3) is 11.3 Å². The molecule has 1 aromatic carbocycles. The Bertz CT molecular complexity index is 824. The van der Waals surface area contributed by atoms with E-state index in [0.29, 0.717) is 43.4 Å². The lowest BCUT2D eigenvalue weighted by Gasteiger charge is -2.35. The topological polar surface area (TPSA) is 49.3 Å². The van der Waals surface area contributed by atoms with E-state index in [-0.39, 0.29) is 5.91 Å². The normalized spacial score (nSPS) is 15.3. The number of hydrogen-bond donors (Lipinski definition) is 0. The molecule has 0 unspecified atom stereocenters. The Hall–Kier alpha value is -2.06. The van der Waals surface area contributed by atoms with Crippen LogP contribution in [0.15, 0.2) is 36.5 Å². The Kier molecular flexibility index (Phi) is 5.76. The van der Waals surface area contributed by atoms with E-state index in [0.717, 1.165) is 12.1 Å². The number of rotatable bonds is 3. The molecule has 1 saturated heterocycles. The first kappa shape index (κ1) is 19.7. The number of hydrogen-bond acceptors (Lipinski definition) is 4. The van der Waals surface area contributed by atoms with Crippen LogP contribution in [-0.4, -0.2) is 51.8 Å². The predicted molar refractivity (Wildman–Crippen MR) is 96.8 cm³/mol. The van der Waals surface area contributed by atoms with Crippen LogP contribution in [0.2, 0.25) is 0 Å². The number of amides is 1. The second-order valence-corrected chi connectivity index (χ2v) is 7.03. The van der Waals surface area contributed by atoms with Gasteiger partial charge >= 0.3 is 6.18 Å². The van der Waals surface area contributed by atoms with Gasteiger partial charge < -0.3 is 9.80 Å². The third-order valence-electron chi connectivity index (χ3n) is 4.19. The van der Waals surface area contributed by atoms with Gasteiger partial charge in [0.15, 0.2) is 4.84 Å². The first-order valence-electron chi connectivity index (χ1n) is 8.08. The maximum Gasteiger partial charge on any atom is 0.416 e. The van der Waals surface area contributed by atoms with Gasteiger partial charge in [0.05, 0.1) is 11.3 Å². The minimum atomic E-state index is -4.42. The van der Waals surface area contributed by atoms with Gasteiger partial charge in [-0.3, -0.25) is 4.79 Å². The molecule has 2 heterocycles. The Labute approximate surface area is 163 Å². The molecule has 1 aliphatic rings. The predicted octanol–water partition coefficient (Wildman–Crippen LogP) is 3.61. The summed E-state index contributed by atoms with van der Waals surface area (Å²) in [4.78, 5) is 22.7. The molecule has 1 fully saturated rings. The van der Waals surface area contributed by atoms with Gasteiger partial charge in [0.25, 0.3) is 5.91 Å². The Morgan fingerprint density at radius 1 is 1.11 bits per heavy atom. The number of benzene rings is 1. The number of carbonyl (C=O) groups is 1. The lowest BCUT2D eigenvalue weighted by molar-refractivity contribution is -0.137. The van der Waals surface area contributed by atoms with Crippen molar-refractivity contribution in [3.8, 4) is 11.3 Å². The van der Waals surface area contributed by atoms with E-state index in [2.05, 4.69) is 9.97 Å². The number of alkyl halides is 5. The molecule has 1 aromatic heterocycles. The molecular formula is C17H15Cl2F3N4O. The average molecular weight is 419 g/mol. The van der Waals surface area contributed by atoms with Crippen molar-refractivity contribution >= 4 is 35.1 Å². The third kappa shape index (κ3) is 4.62. The van der Waals surface area contributed by atoms with E-state index in [1.165, 1.54) is 12.3 Å². The summed E-state index contributed by atoms with van der Waals surface area (Å²) in [5.74, 6) is 0.0434. The highest BCUT2D eigenvalue weighted by molar-refractivity contribution is 6.53. The van der Waals surface area contributed by atoms with Crippen molar-refractivity contribution in [2.45, 2.75) is 11.0 Å². The standard InChI is InChI=1S/C17H15Cl2F3N4O/c18-14(19)15(27)25-6-8-26(9-7-25)16-23-5-4-13(24-16)11-2-1-3-12(10-11)17(20,21)22/h1-5,10,14H,6-9H2. The number of carbonyl (C=O) groups excluding carboxylic acids is 1. The van der Waals surface area contributed by atoms with Gasteiger partial charge in [0.2, 0.25) is 5.95 Å². The van der Waals surface area contributed by atoms with Gasteiger partial charge in [-0.2, -0.15) is 13.2 Å². The second kappa shape index (κ2) is 7.90. The summed E-state index contributed by atoms with van der Waals surface area (Å²) in [6.07, 6.45) is -2.92. The lowest BCUT2D eigenvalue weighted by atomic mass is 10.1. The number of halogens is 5. The molecule has 1 aliphatic heterocycles. The van der Waals surface area contributed by atoms with Crippen molar-refractivity contribution < 1.29 is 18.0 Å². The summed E-state index contributed by atoms with van der Waals surface area (Å²) in [5.41, 5.74) is 0.0181. The molecular weight excluding hydrogens is 404 g/mol. The molecule has 144 valence electrons. The molecule has 0 N–H and O–H groups in total. The molecule has 3 rings (SSSR count). The maximum atomic E-state index is 12.9. The molecule has 5 nitrogen and oxygen atoms in total. The van der Waals surface area contributed by atoms with Gasteiger partial charge in [0.1, 0.15) is 0 Å². The van der Waals surface area contributed by atoms with E-state index in [9.17, 15) is 18.0 Å². The van der Waals surface area contributed by atoms with Crippen LogP contribution in [0.4, 0.5) is 19.1 Å². The number of piperazine rings is 1. The smallest absolute Gasteiger partial charge is 0.337 e. The van der Waals surface area contributed by atoms with Crippen LogP contribution in [0.1, 0.15) is 5.56 Å². The highest BCUT2D eigenvalue weighted by atomic mass is 35.5. The monoisotopic (exact) mass is 418 g/mol. The number of aromatic nitrogens is 2. The molecule has 0 atom stereocenters. The molecule has 0 aliphatic carbocycles. The molecule has 0 saturated carbocycles. The first-order valence-corrected chi connectivity index (χ1v) is 8.95. The Morgan fingerprint density at radius 2 is 1.81 bits per heavy atom. The van der Waals surface area contributed by atoms with E-state index < -0.39 is 16.6 Å². The summed E-state index contributed by atoms with van der Waals surface area (Å²) in [5, 5.41) is 0. The van der Waals surface area contributed by atoms with Crippen molar-refractivity contribution in [1.82, 2.24) is 14.9 Å². The lowest BCUT2D eigenvalue weighted by Crippen LogP contribution is -2.50. The first-order chi connectivity index (χ1) is 12.8. The van der Waals surface area contributed by atoms with E-state index in [4.69, 9.17) is 23.2 Å². The summed E-state index contributed by atoms with van der Waals surface area (Å²) < 4.78 is 38.8. The third-order valence-corrected chi connectivity index (χ3v) is 4.56. The Balaban J connectivity index is 1.77. The van der Waals surface area contributed by atoms with Crippen molar-refractivity contribution in [3.05, 3.63) is 42.1 Å². The van der Waals surface area contributed by atoms with Crippen molar-refractivity contribution in [2.75, 3.05) is 31.1 Å². The van der Waals surface area contributed by atoms with E-state index >= 15 is 0 Å². The van der Waals surface area contributed by atoms with Crippen molar-refractivity contribution in [2.24, 2.45) is 0 Å². The fourth-order valence-electron chi connectivity index (χ4n) is 2.78. The number of nitrogens with zero attached hydrogens (tertiary/aromatic N) is 4. The zero-order valence-corrected chi connectivity index (χ0v) is 15.5. The second-order valence-electron chi connectivity index (χ2n) is 5.93. The molecule has 27 heavy (non-hydrogen) atoms. The van der Waals surface area contributed by atoms with Gasteiger partial charge in [-0.15, -0.1) is 0 Å². The van der Waals surface area contributed by atoms with E-state index in [1.807, 2.05) is 4.90 Å². The van der Waals surface area contributed by atoms with Crippen LogP contribution < -0.4 is 4.90 Å². The summed E-state index contributed by atoms with van der Waals surface area (Å²) in [6, 6.07) is 6.55. The quantitative estimate of drug-likeness (QED) is 0.714. The fraction of sp³-hybridized carbons (Fsp3) is 0.353. The average Bonchev–Trinajstić information content (AvgIpc) is 2.67. The molecule has 0 radical (unpaired) electrons. The molecule has 2 aromatic rings. The summed E-state index contributed by atoms with van der Waals surface area (Å²) in [6.45, 7) is 1.76. The van der Waals surface area contributed by atoms with Crippen LogP contribution in [-0.2, 0) is 11.0 Å². The number of anilines is 1. The highest BCUT2D eigenvalue weighted by Gasteiger charge is 2.30. The van der Waals surface area contributed by atoms with Crippen LogP contribution in [0.5, 0.6) is 0 Å². The van der Waals surface area contributed by atoms with Crippen LogP contribution in [0.3, 0.4) is 0 Å². The van der Waals surface area contributed by atoms with Gasteiger partial charge in [-0.25, -0.2) is 9.97 Å². The van der Waals surface area contributed by atoms with Gasteiger partial charge in [-0.05, 0) is 18.2 Å². The summed E-state index contributed by atoms with van der Waals surface area (Å²) in [7, 11) is 0. The minimum absolute atomic E-state index is 0.350. The SMILES string of the molecule is O=C(C(Cl)Cl)N1CCN(c2nccc(-c3cccc(C(F)(F)F)c3)n2)CC1. The van der Waals surface area contributed by atoms with Gasteiger partial charge in [0, 0.05) is 37.9 Å². The zero-order valence-electron chi connectivity index (χ0n) is 14.0. The Morgan fingerprint density at radius 3 is 2.44 bits per heavy atom. The molecule has 0 spiro atoms. The largest absolute Gasteiger partial charge is 0.416 e. The van der Waals surface area contributed by atoms with Crippen LogP contribution >= 0.6 is 23.2 Å². The zero-order chi connectivity index (χ0) is 19.6. The fourth-order valence-corrected chi connectivity index (χ4v) is 3.06. The van der Waals surface area contributed by atoms with Gasteiger partial charge in [-0.1, -0.05) is 35.3 Å². The van der Waals surface area contributed by atoms with E-state index in [1.54, 1.807) is 17.0 Å². The molecule has 0 bridgehead atoms. The molecule has 1 amide bonds. The maximum absolute atomic E-state index is 12.9. The summed E-state index contributed by atoms with van der Waals surface area (Å²) >= 11 is 11.2. The molecule has 10 heteroatoms.